The third kappa shape index (κ3) is 3.05. The lowest BCUT2D eigenvalue weighted by Gasteiger charge is -2.45. The number of nitriles is 1. The van der Waals surface area contributed by atoms with Gasteiger partial charge in [0.2, 0.25) is 5.91 Å². The fourth-order valence-electron chi connectivity index (χ4n) is 2.58. The normalized spacial score (nSPS) is 21.3. The van der Waals surface area contributed by atoms with Crippen LogP contribution in [0.1, 0.15) is 37.9 Å². The second-order valence-corrected chi connectivity index (χ2v) is 5.82. The SMILES string of the molecule is CC(=O)N(NC(N)=O)[C@H]1c2cc(C#N)ccc2OC(C)(C)[C@@H]1O. The predicted octanol–water partition coefficient (Wildman–Crippen LogP) is 0.563. The van der Waals surface area contributed by atoms with E-state index >= 15 is 0 Å². The molecule has 8 nitrogen and oxygen atoms in total. The summed E-state index contributed by atoms with van der Waals surface area (Å²) in [5.41, 5.74) is 7.08. The van der Waals surface area contributed by atoms with Crippen molar-refractivity contribution in [3.8, 4) is 11.8 Å². The maximum atomic E-state index is 11.9. The summed E-state index contributed by atoms with van der Waals surface area (Å²) in [6.45, 7) is 4.56. The molecule has 0 saturated carbocycles. The Balaban J connectivity index is 2.61. The van der Waals surface area contributed by atoms with Gasteiger partial charge in [-0.15, -0.1) is 0 Å². The minimum absolute atomic E-state index is 0.340. The molecule has 0 bridgehead atoms. The van der Waals surface area contributed by atoms with Gasteiger partial charge in [-0.3, -0.25) is 4.79 Å². The minimum atomic E-state index is -1.15. The maximum absolute atomic E-state index is 11.9. The van der Waals surface area contributed by atoms with Gasteiger partial charge in [-0.25, -0.2) is 15.2 Å². The Morgan fingerprint density at radius 2 is 2.13 bits per heavy atom. The van der Waals surface area contributed by atoms with Gasteiger partial charge >= 0.3 is 6.03 Å². The Bertz CT molecular complexity index is 695. The Labute approximate surface area is 133 Å². The summed E-state index contributed by atoms with van der Waals surface area (Å²) < 4.78 is 5.75. The molecule has 2 rings (SSSR count). The van der Waals surface area contributed by atoms with Crippen LogP contribution >= 0.6 is 0 Å². The van der Waals surface area contributed by atoms with Crippen LogP contribution in [0.3, 0.4) is 0 Å². The van der Waals surface area contributed by atoms with Crippen molar-refractivity contribution in [2.24, 2.45) is 5.73 Å². The Hall–Kier alpha value is -2.79. The van der Waals surface area contributed by atoms with E-state index in [1.165, 1.54) is 13.0 Å². The van der Waals surface area contributed by atoms with Crippen molar-refractivity contribution in [1.82, 2.24) is 10.4 Å². The van der Waals surface area contributed by atoms with E-state index in [1.54, 1.807) is 26.0 Å². The molecule has 1 aliphatic rings. The highest BCUT2D eigenvalue weighted by Gasteiger charge is 2.47. The largest absolute Gasteiger partial charge is 0.485 e. The summed E-state index contributed by atoms with van der Waals surface area (Å²) in [6.07, 6.45) is -1.15. The van der Waals surface area contributed by atoms with E-state index in [4.69, 9.17) is 15.7 Å². The number of aliphatic hydroxyl groups is 1. The van der Waals surface area contributed by atoms with Crippen LogP contribution in [0, 0.1) is 11.3 Å². The molecule has 0 spiro atoms. The van der Waals surface area contributed by atoms with Gasteiger partial charge in [-0.2, -0.15) is 5.26 Å². The molecule has 1 aromatic carbocycles. The summed E-state index contributed by atoms with van der Waals surface area (Å²) >= 11 is 0. The molecule has 1 aliphatic heterocycles. The van der Waals surface area contributed by atoms with E-state index < -0.39 is 29.7 Å². The number of amides is 3. The molecule has 1 heterocycles. The first-order valence-electron chi connectivity index (χ1n) is 6.94. The summed E-state index contributed by atoms with van der Waals surface area (Å²) in [4.78, 5) is 23.2. The molecule has 2 atom stereocenters. The number of nitrogens with zero attached hydrogens (tertiary/aromatic N) is 2. The smallest absolute Gasteiger partial charge is 0.331 e. The van der Waals surface area contributed by atoms with Gasteiger partial charge in [0.25, 0.3) is 0 Å². The van der Waals surface area contributed by atoms with E-state index in [1.807, 2.05) is 6.07 Å². The summed E-state index contributed by atoms with van der Waals surface area (Å²) in [5, 5.41) is 20.7. The summed E-state index contributed by atoms with van der Waals surface area (Å²) in [5.74, 6) is -0.0966. The first-order chi connectivity index (χ1) is 10.7. The number of nitrogens with one attached hydrogen (secondary N) is 1. The lowest BCUT2D eigenvalue weighted by molar-refractivity contribution is -0.146. The number of carbonyl (C=O) groups is 2. The standard InChI is InChI=1S/C15H18N4O4/c1-8(20)19(18-14(17)22)12-10-6-9(7-16)4-5-11(10)23-15(2,3)13(12)21/h4-6,12-13,21H,1-3H3,(H3,17,18,22)/t12-,13+/m0/s1. The van der Waals surface area contributed by atoms with Crippen LogP contribution in [0.25, 0.3) is 0 Å². The van der Waals surface area contributed by atoms with Crippen LogP contribution in [-0.4, -0.2) is 33.8 Å². The van der Waals surface area contributed by atoms with Crippen molar-refractivity contribution in [2.45, 2.75) is 38.5 Å². The van der Waals surface area contributed by atoms with Gasteiger partial charge in [0.15, 0.2) is 0 Å². The number of nitrogens with two attached hydrogens (primary N) is 1. The lowest BCUT2D eigenvalue weighted by Crippen LogP contribution is -2.59. The number of hydrogen-bond donors (Lipinski definition) is 3. The Morgan fingerprint density at radius 3 is 2.65 bits per heavy atom. The second-order valence-electron chi connectivity index (χ2n) is 5.82. The maximum Gasteiger partial charge on any atom is 0.331 e. The number of urea groups is 1. The molecule has 4 N–H and O–H groups in total. The number of hydrogen-bond acceptors (Lipinski definition) is 5. The monoisotopic (exact) mass is 318 g/mol. The molecule has 8 heteroatoms. The Kier molecular flexibility index (Phi) is 4.16. The molecule has 23 heavy (non-hydrogen) atoms. The van der Waals surface area contributed by atoms with E-state index in [0.29, 0.717) is 16.9 Å². The van der Waals surface area contributed by atoms with Crippen LogP contribution in [-0.2, 0) is 4.79 Å². The average molecular weight is 318 g/mol. The highest BCUT2D eigenvalue weighted by molar-refractivity contribution is 5.79. The molecule has 122 valence electrons. The van der Waals surface area contributed by atoms with Crippen LogP contribution < -0.4 is 15.9 Å². The fourth-order valence-corrected chi connectivity index (χ4v) is 2.58. The average Bonchev–Trinajstić information content (AvgIpc) is 2.46. The highest BCUT2D eigenvalue weighted by atomic mass is 16.5. The van der Waals surface area contributed by atoms with Crippen molar-refractivity contribution in [3.05, 3.63) is 29.3 Å². The number of carbonyl (C=O) groups excluding carboxylic acids is 2. The van der Waals surface area contributed by atoms with Gasteiger partial charge in [0.05, 0.1) is 11.6 Å². The topological polar surface area (TPSA) is 129 Å². The first kappa shape index (κ1) is 16.6. The number of aliphatic hydroxyl groups excluding tert-OH is 1. The minimum Gasteiger partial charge on any atom is -0.485 e. The van der Waals surface area contributed by atoms with Gasteiger partial charge in [0, 0.05) is 12.5 Å². The summed E-state index contributed by atoms with van der Waals surface area (Å²) in [7, 11) is 0. The van der Waals surface area contributed by atoms with Crippen LogP contribution in [0.5, 0.6) is 5.75 Å². The van der Waals surface area contributed by atoms with Crippen LogP contribution in [0.15, 0.2) is 18.2 Å². The van der Waals surface area contributed by atoms with E-state index in [-0.39, 0.29) is 0 Å². The number of benzene rings is 1. The van der Waals surface area contributed by atoms with Crippen molar-refractivity contribution in [2.75, 3.05) is 0 Å². The highest BCUT2D eigenvalue weighted by Crippen LogP contribution is 2.42. The van der Waals surface area contributed by atoms with E-state index in [0.717, 1.165) is 5.01 Å². The molecule has 1 aromatic rings. The van der Waals surface area contributed by atoms with Gasteiger partial charge in [-0.1, -0.05) is 0 Å². The fraction of sp³-hybridized carbons (Fsp3) is 0.400. The van der Waals surface area contributed by atoms with E-state index in [2.05, 4.69) is 5.43 Å². The number of hydrazine groups is 1. The molecule has 0 fully saturated rings. The number of rotatable bonds is 1. The van der Waals surface area contributed by atoms with Crippen LogP contribution in [0.2, 0.25) is 0 Å². The molecular formula is C15H18N4O4. The molecule has 0 saturated heterocycles. The third-order valence-corrected chi connectivity index (χ3v) is 3.69. The Morgan fingerprint density at radius 1 is 1.48 bits per heavy atom. The zero-order valence-electron chi connectivity index (χ0n) is 13.0. The lowest BCUT2D eigenvalue weighted by atomic mass is 9.85. The molecule has 0 radical (unpaired) electrons. The number of primary amides is 1. The zero-order chi connectivity index (χ0) is 17.4. The molecule has 0 aromatic heterocycles. The van der Waals surface area contributed by atoms with Crippen molar-refractivity contribution < 1.29 is 19.4 Å². The third-order valence-electron chi connectivity index (χ3n) is 3.69. The quantitative estimate of drug-likeness (QED) is 0.652. The van der Waals surface area contributed by atoms with Crippen molar-refractivity contribution in [1.29, 1.82) is 5.26 Å². The molecular weight excluding hydrogens is 300 g/mol. The van der Waals surface area contributed by atoms with Crippen LogP contribution in [0.4, 0.5) is 4.79 Å². The van der Waals surface area contributed by atoms with Gasteiger partial charge < -0.3 is 15.6 Å². The van der Waals surface area contributed by atoms with E-state index in [9.17, 15) is 14.7 Å². The molecule has 0 aliphatic carbocycles. The van der Waals surface area contributed by atoms with Gasteiger partial charge in [-0.05, 0) is 32.0 Å². The summed E-state index contributed by atoms with van der Waals surface area (Å²) in [6, 6.07) is 4.79. The first-order valence-corrected chi connectivity index (χ1v) is 6.94. The molecule has 0 unspecified atom stereocenters. The van der Waals surface area contributed by atoms with Crippen molar-refractivity contribution in [3.63, 3.8) is 0 Å². The zero-order valence-corrected chi connectivity index (χ0v) is 13.0. The van der Waals surface area contributed by atoms with Crippen molar-refractivity contribution >= 4 is 11.9 Å². The predicted molar refractivity (Wildman–Crippen MR) is 79.9 cm³/mol. The number of fused-ring (bicyclic) bond motifs is 1. The van der Waals surface area contributed by atoms with Gasteiger partial charge in [0.1, 0.15) is 23.5 Å². The molecule has 3 amide bonds. The second kappa shape index (κ2) is 5.78. The number of ether oxygens (including phenoxy) is 1.